The molecule has 0 fully saturated rings. The Morgan fingerprint density at radius 2 is 2.04 bits per heavy atom. The third kappa shape index (κ3) is 2.77. The van der Waals surface area contributed by atoms with E-state index >= 15 is 0 Å². The van der Waals surface area contributed by atoms with Gasteiger partial charge in [-0.3, -0.25) is 4.98 Å². The van der Waals surface area contributed by atoms with E-state index in [2.05, 4.69) is 20.1 Å². The molecular weight excluding hydrogens is 345 g/mol. The second kappa shape index (κ2) is 6.07. The predicted molar refractivity (Wildman–Crippen MR) is 80.8 cm³/mol. The minimum atomic E-state index is -4.69. The summed E-state index contributed by atoms with van der Waals surface area (Å²) in [6.07, 6.45) is -0.702. The molecule has 3 heterocycles. The van der Waals surface area contributed by atoms with Crippen LogP contribution in [-0.2, 0) is 6.18 Å². The van der Waals surface area contributed by atoms with Crippen LogP contribution < -0.4 is 10.5 Å². The fourth-order valence-electron chi connectivity index (χ4n) is 2.07. The van der Waals surface area contributed by atoms with E-state index in [1.165, 1.54) is 24.1 Å². The Morgan fingerprint density at radius 1 is 1.29 bits per heavy atom. The molecule has 0 saturated carbocycles. The average Bonchev–Trinajstić information content (AvgIpc) is 3.15. The van der Waals surface area contributed by atoms with Crippen LogP contribution in [0.25, 0.3) is 16.3 Å². The molecule has 3 aromatic heterocycles. The molecule has 0 aliphatic carbocycles. The van der Waals surface area contributed by atoms with Gasteiger partial charge < -0.3 is 10.5 Å². The normalized spacial score (nSPS) is 11.7. The van der Waals surface area contributed by atoms with Crippen molar-refractivity contribution in [2.24, 2.45) is 0 Å². The van der Waals surface area contributed by atoms with Crippen LogP contribution in [0.15, 0.2) is 24.1 Å². The molecule has 0 aliphatic rings. The number of nitrogen functional groups attached to an aromatic ring is 1. The van der Waals surface area contributed by atoms with Gasteiger partial charge in [-0.05, 0) is 6.92 Å². The fourth-order valence-corrected chi connectivity index (χ4v) is 2.75. The Kier molecular flexibility index (Phi) is 4.09. The van der Waals surface area contributed by atoms with E-state index in [9.17, 15) is 13.2 Å². The molecule has 0 aliphatic heterocycles. The zero-order chi connectivity index (χ0) is 17.3. The summed E-state index contributed by atoms with van der Waals surface area (Å²) in [5.74, 6) is -0.190. The largest absolute Gasteiger partial charge is 0.475 e. The second-order valence-electron chi connectivity index (χ2n) is 4.50. The number of anilines is 1. The molecule has 0 atom stereocenters. The lowest BCUT2D eigenvalue weighted by Gasteiger charge is -2.08. The smallest absolute Gasteiger partial charge is 0.435 e. The molecular formula is C13H11F3N6OS. The van der Waals surface area contributed by atoms with Gasteiger partial charge in [-0.15, -0.1) is 11.3 Å². The van der Waals surface area contributed by atoms with E-state index < -0.39 is 11.9 Å². The van der Waals surface area contributed by atoms with Crippen LogP contribution in [0.4, 0.5) is 19.0 Å². The number of hydrogen-bond acceptors (Lipinski definition) is 7. The molecule has 0 radical (unpaired) electrons. The molecule has 0 bridgehead atoms. The third-order valence-electron chi connectivity index (χ3n) is 3.00. The van der Waals surface area contributed by atoms with Crippen molar-refractivity contribution in [2.45, 2.75) is 13.1 Å². The lowest BCUT2D eigenvalue weighted by molar-refractivity contribution is -0.140. The highest BCUT2D eigenvalue weighted by Crippen LogP contribution is 2.42. The first-order valence-corrected chi connectivity index (χ1v) is 7.60. The highest BCUT2D eigenvalue weighted by atomic mass is 32.1. The number of thiazole rings is 1. The Balaban J connectivity index is 2.25. The zero-order valence-electron chi connectivity index (χ0n) is 12.3. The Morgan fingerprint density at radius 3 is 2.67 bits per heavy atom. The fraction of sp³-hybridized carbons (Fsp3) is 0.231. The van der Waals surface area contributed by atoms with Crippen LogP contribution in [0.5, 0.6) is 5.88 Å². The summed E-state index contributed by atoms with van der Waals surface area (Å²) < 4.78 is 46.3. The van der Waals surface area contributed by atoms with Crippen molar-refractivity contribution in [2.75, 3.05) is 12.3 Å². The number of halogens is 3. The third-order valence-corrected chi connectivity index (χ3v) is 3.79. The lowest BCUT2D eigenvalue weighted by atomic mass is 10.2. The summed E-state index contributed by atoms with van der Waals surface area (Å²) in [6, 6.07) is 0. The van der Waals surface area contributed by atoms with E-state index in [4.69, 9.17) is 10.5 Å². The number of rotatable bonds is 4. The minimum absolute atomic E-state index is 0.0156. The summed E-state index contributed by atoms with van der Waals surface area (Å²) >= 11 is 1.03. The summed E-state index contributed by atoms with van der Waals surface area (Å²) in [7, 11) is 0. The monoisotopic (exact) mass is 356 g/mol. The number of nitrogens with zero attached hydrogens (tertiary/aromatic N) is 5. The van der Waals surface area contributed by atoms with Crippen molar-refractivity contribution in [3.8, 4) is 22.1 Å². The zero-order valence-corrected chi connectivity index (χ0v) is 13.1. The molecule has 3 aromatic rings. The minimum Gasteiger partial charge on any atom is -0.475 e. The van der Waals surface area contributed by atoms with Gasteiger partial charge in [-0.1, -0.05) is 0 Å². The molecule has 0 amide bonds. The molecule has 2 N–H and O–H groups in total. The maximum absolute atomic E-state index is 13.4. The molecule has 0 unspecified atom stereocenters. The van der Waals surface area contributed by atoms with Crippen molar-refractivity contribution in [3.05, 3.63) is 29.8 Å². The van der Waals surface area contributed by atoms with Gasteiger partial charge in [0.2, 0.25) is 5.82 Å². The van der Waals surface area contributed by atoms with E-state index in [1.54, 1.807) is 6.92 Å². The number of aromatic nitrogens is 5. The summed E-state index contributed by atoms with van der Waals surface area (Å²) in [6.45, 7) is 1.98. The van der Waals surface area contributed by atoms with Gasteiger partial charge in [-0.25, -0.2) is 9.97 Å². The van der Waals surface area contributed by atoms with Crippen molar-refractivity contribution in [3.63, 3.8) is 0 Å². The molecule has 11 heteroatoms. The van der Waals surface area contributed by atoms with Crippen LogP contribution in [0.1, 0.15) is 12.6 Å². The highest BCUT2D eigenvalue weighted by Gasteiger charge is 2.40. The maximum Gasteiger partial charge on any atom is 0.435 e. The van der Waals surface area contributed by atoms with Crippen molar-refractivity contribution in [1.29, 1.82) is 0 Å². The van der Waals surface area contributed by atoms with Crippen molar-refractivity contribution < 1.29 is 17.9 Å². The maximum atomic E-state index is 13.4. The van der Waals surface area contributed by atoms with E-state index in [1.807, 2.05) is 0 Å². The van der Waals surface area contributed by atoms with Gasteiger partial charge in [0.1, 0.15) is 5.82 Å². The van der Waals surface area contributed by atoms with Crippen LogP contribution in [0.2, 0.25) is 0 Å². The van der Waals surface area contributed by atoms with E-state index in [0.717, 1.165) is 16.0 Å². The lowest BCUT2D eigenvalue weighted by Crippen LogP contribution is -2.10. The standard InChI is InChI=1S/C13H11F3N6OS/c1-2-23-12-11(19-3-4-20-12)22-10(17)8(7-5-18-6-24-7)9(21-22)13(14,15)16/h3-6H,2,17H2,1H3. The second-order valence-corrected chi connectivity index (χ2v) is 5.39. The quantitative estimate of drug-likeness (QED) is 0.773. The first-order chi connectivity index (χ1) is 11.4. The van der Waals surface area contributed by atoms with Gasteiger partial charge in [0.15, 0.2) is 5.69 Å². The van der Waals surface area contributed by atoms with Gasteiger partial charge >= 0.3 is 6.18 Å². The molecule has 7 nitrogen and oxygen atoms in total. The van der Waals surface area contributed by atoms with Gasteiger partial charge in [-0.2, -0.15) is 23.0 Å². The molecule has 0 spiro atoms. The number of ether oxygens (including phenoxy) is 1. The van der Waals surface area contributed by atoms with Crippen LogP contribution in [-0.4, -0.2) is 31.3 Å². The Bertz CT molecular complexity index is 846. The first-order valence-electron chi connectivity index (χ1n) is 6.72. The molecule has 126 valence electrons. The number of hydrogen-bond donors (Lipinski definition) is 1. The first kappa shape index (κ1) is 16.2. The summed E-state index contributed by atoms with van der Waals surface area (Å²) in [5, 5.41) is 3.61. The van der Waals surface area contributed by atoms with Crippen LogP contribution >= 0.6 is 11.3 Å². The van der Waals surface area contributed by atoms with Crippen LogP contribution in [0.3, 0.4) is 0 Å². The van der Waals surface area contributed by atoms with Gasteiger partial charge in [0.25, 0.3) is 5.88 Å². The molecule has 3 rings (SSSR count). The predicted octanol–water partition coefficient (Wildman–Crippen LogP) is 2.79. The number of nitrogens with two attached hydrogens (primary N) is 1. The Hall–Kier alpha value is -2.69. The Labute approximate surface area is 137 Å². The molecule has 24 heavy (non-hydrogen) atoms. The van der Waals surface area contributed by atoms with Gasteiger partial charge in [0.05, 0.1) is 22.6 Å². The van der Waals surface area contributed by atoms with Gasteiger partial charge in [0, 0.05) is 18.6 Å². The topological polar surface area (TPSA) is 91.7 Å². The SMILES string of the molecule is CCOc1nccnc1-n1nc(C(F)(F)F)c(-c2cncs2)c1N. The van der Waals surface area contributed by atoms with Crippen LogP contribution in [0, 0.1) is 0 Å². The summed E-state index contributed by atoms with van der Waals surface area (Å²) in [4.78, 5) is 12.0. The van der Waals surface area contributed by atoms with E-state index in [0.29, 0.717) is 0 Å². The van der Waals surface area contributed by atoms with Crippen molar-refractivity contribution in [1.82, 2.24) is 24.7 Å². The van der Waals surface area contributed by atoms with Crippen molar-refractivity contribution >= 4 is 17.2 Å². The molecule has 0 saturated heterocycles. The summed E-state index contributed by atoms with van der Waals surface area (Å²) in [5.41, 5.74) is 6.01. The van der Waals surface area contributed by atoms with E-state index in [-0.39, 0.29) is 34.6 Å². The molecule has 0 aromatic carbocycles. The number of alkyl halides is 3. The average molecular weight is 356 g/mol. The highest BCUT2D eigenvalue weighted by molar-refractivity contribution is 7.13.